The number of carbonyl (C=O) groups excluding carboxylic acids is 1. The Morgan fingerprint density at radius 3 is 2.96 bits per heavy atom. The van der Waals surface area contributed by atoms with E-state index in [4.69, 9.17) is 0 Å². The van der Waals surface area contributed by atoms with E-state index in [1.807, 2.05) is 35.9 Å². The van der Waals surface area contributed by atoms with E-state index in [1.54, 1.807) is 6.20 Å². The second-order valence-electron chi connectivity index (χ2n) is 6.22. The average molecular weight is 341 g/mol. The van der Waals surface area contributed by atoms with Gasteiger partial charge in [0, 0.05) is 22.7 Å². The molecule has 1 aliphatic rings. The Bertz CT molecular complexity index is 865. The van der Waals surface area contributed by atoms with E-state index >= 15 is 0 Å². The molecule has 3 aromatic rings. The van der Waals surface area contributed by atoms with E-state index in [-0.39, 0.29) is 11.0 Å². The number of hydrogen-bond acceptors (Lipinski definition) is 5. The largest absolute Gasteiger partial charge is 0.360 e. The lowest BCUT2D eigenvalue weighted by Crippen LogP contribution is -2.16. The molecule has 4 rings (SSSR count). The highest BCUT2D eigenvalue weighted by molar-refractivity contribution is 8.00. The number of ketones is 1. The van der Waals surface area contributed by atoms with Gasteiger partial charge in [-0.05, 0) is 36.3 Å². The molecule has 0 spiro atoms. The first kappa shape index (κ1) is 15.4. The minimum absolute atomic E-state index is 0.0958. The normalized spacial score (nSPS) is 16.7. The molecule has 124 valence electrons. The summed E-state index contributed by atoms with van der Waals surface area (Å²) < 4.78 is 1.90. The lowest BCUT2D eigenvalue weighted by atomic mass is 10.1. The van der Waals surface area contributed by atoms with Crippen LogP contribution in [0.2, 0.25) is 0 Å². The van der Waals surface area contributed by atoms with Gasteiger partial charge in [0.1, 0.15) is 0 Å². The topological polar surface area (TPSA) is 76.5 Å². The van der Waals surface area contributed by atoms with Crippen molar-refractivity contribution in [3.8, 4) is 0 Å². The van der Waals surface area contributed by atoms with Crippen molar-refractivity contribution in [1.29, 1.82) is 0 Å². The number of thioether (sulfide) groups is 1. The van der Waals surface area contributed by atoms with Crippen molar-refractivity contribution < 1.29 is 4.79 Å². The summed E-state index contributed by atoms with van der Waals surface area (Å²) in [4.78, 5) is 16.0. The van der Waals surface area contributed by atoms with Crippen LogP contribution in [-0.2, 0) is 0 Å². The lowest BCUT2D eigenvalue weighted by molar-refractivity contribution is 0.0995. The maximum atomic E-state index is 12.9. The van der Waals surface area contributed by atoms with Gasteiger partial charge in [-0.1, -0.05) is 42.8 Å². The van der Waals surface area contributed by atoms with Crippen molar-refractivity contribution in [3.05, 3.63) is 36.0 Å². The molecular weight excluding hydrogens is 322 g/mol. The highest BCUT2D eigenvalue weighted by Gasteiger charge is 2.26. The van der Waals surface area contributed by atoms with Gasteiger partial charge in [-0.25, -0.2) is 4.68 Å². The fourth-order valence-electron chi connectivity index (χ4n) is 3.35. The van der Waals surface area contributed by atoms with Gasteiger partial charge in [-0.3, -0.25) is 4.79 Å². The SMILES string of the molecule is C[C@@H](Sc1nnnn1C1CCCC1)C(=O)c1c[nH]c2ccccc12. The van der Waals surface area contributed by atoms with Crippen LogP contribution in [-0.4, -0.2) is 36.2 Å². The standard InChI is InChI=1S/C17H19N5OS/c1-11(16(23)14-10-18-15-9-5-4-8-13(14)15)24-17-19-20-21-22(17)12-6-2-3-7-12/h4-5,8-12,18H,2-3,6-7H2,1H3/t11-/m1/s1. The Balaban J connectivity index is 1.55. The molecule has 1 saturated carbocycles. The maximum Gasteiger partial charge on any atom is 0.210 e. The number of aromatic amines is 1. The van der Waals surface area contributed by atoms with Crippen molar-refractivity contribution in [2.75, 3.05) is 0 Å². The predicted molar refractivity (Wildman–Crippen MR) is 93.3 cm³/mol. The summed E-state index contributed by atoms with van der Waals surface area (Å²) >= 11 is 1.44. The van der Waals surface area contributed by atoms with E-state index in [0.717, 1.165) is 34.5 Å². The number of benzene rings is 1. The number of fused-ring (bicyclic) bond motifs is 1. The van der Waals surface area contributed by atoms with E-state index in [1.165, 1.54) is 24.6 Å². The van der Waals surface area contributed by atoms with Crippen LogP contribution >= 0.6 is 11.8 Å². The number of hydrogen-bond donors (Lipinski definition) is 1. The first-order valence-electron chi connectivity index (χ1n) is 8.29. The molecule has 7 heteroatoms. The number of Topliss-reactive ketones (excluding diaryl/α,β-unsaturated/α-hetero) is 1. The maximum absolute atomic E-state index is 12.9. The zero-order valence-electron chi connectivity index (χ0n) is 13.5. The quantitative estimate of drug-likeness (QED) is 0.566. The monoisotopic (exact) mass is 341 g/mol. The highest BCUT2D eigenvalue weighted by atomic mass is 32.2. The molecule has 2 heterocycles. The number of nitrogens with one attached hydrogen (secondary N) is 1. The Hall–Kier alpha value is -2.15. The molecule has 24 heavy (non-hydrogen) atoms. The summed E-state index contributed by atoms with van der Waals surface area (Å²) in [7, 11) is 0. The molecule has 1 aliphatic carbocycles. The van der Waals surface area contributed by atoms with Crippen LogP contribution in [0.25, 0.3) is 10.9 Å². The molecule has 1 aromatic carbocycles. The summed E-state index contributed by atoms with van der Waals surface area (Å²) in [6, 6.07) is 8.23. The van der Waals surface area contributed by atoms with Gasteiger partial charge >= 0.3 is 0 Å². The molecule has 0 bridgehead atoms. The molecule has 1 N–H and O–H groups in total. The predicted octanol–water partition coefficient (Wildman–Crippen LogP) is 3.63. The lowest BCUT2D eigenvalue weighted by Gasteiger charge is -2.13. The van der Waals surface area contributed by atoms with Crippen molar-refractivity contribution in [1.82, 2.24) is 25.2 Å². The Morgan fingerprint density at radius 1 is 1.33 bits per heavy atom. The first-order chi connectivity index (χ1) is 11.7. The minimum atomic E-state index is -0.240. The zero-order chi connectivity index (χ0) is 16.5. The van der Waals surface area contributed by atoms with Crippen molar-refractivity contribution in [3.63, 3.8) is 0 Å². The van der Waals surface area contributed by atoms with Crippen LogP contribution in [0.5, 0.6) is 0 Å². The van der Waals surface area contributed by atoms with Gasteiger partial charge in [-0.15, -0.1) is 5.10 Å². The number of nitrogens with zero attached hydrogens (tertiary/aromatic N) is 4. The van der Waals surface area contributed by atoms with Crippen LogP contribution in [0.3, 0.4) is 0 Å². The van der Waals surface area contributed by atoms with Gasteiger partial charge in [0.05, 0.1) is 11.3 Å². The molecule has 1 fully saturated rings. The molecule has 2 aromatic heterocycles. The summed E-state index contributed by atoms with van der Waals surface area (Å²) in [5, 5.41) is 13.5. The number of carbonyl (C=O) groups is 1. The molecular formula is C17H19N5OS. The number of rotatable bonds is 5. The average Bonchev–Trinajstić information content (AvgIpc) is 3.33. The molecule has 0 saturated heterocycles. The first-order valence-corrected chi connectivity index (χ1v) is 9.17. The molecule has 0 radical (unpaired) electrons. The van der Waals surface area contributed by atoms with Gasteiger partial charge in [0.25, 0.3) is 0 Å². The number of aromatic nitrogens is 5. The molecule has 6 nitrogen and oxygen atoms in total. The summed E-state index contributed by atoms with van der Waals surface area (Å²) in [5.41, 5.74) is 1.71. The number of tetrazole rings is 1. The van der Waals surface area contributed by atoms with Crippen molar-refractivity contribution >= 4 is 28.4 Å². The second kappa shape index (κ2) is 6.39. The van der Waals surface area contributed by atoms with E-state index in [9.17, 15) is 4.79 Å². The van der Waals surface area contributed by atoms with Gasteiger partial charge in [0.15, 0.2) is 5.78 Å². The van der Waals surface area contributed by atoms with Crippen molar-refractivity contribution in [2.24, 2.45) is 0 Å². The Kier molecular flexibility index (Phi) is 4.10. The third-order valence-corrected chi connectivity index (χ3v) is 5.69. The summed E-state index contributed by atoms with van der Waals surface area (Å²) in [6.07, 6.45) is 6.47. The van der Waals surface area contributed by atoms with E-state index in [2.05, 4.69) is 20.5 Å². The summed E-state index contributed by atoms with van der Waals surface area (Å²) in [6.45, 7) is 1.92. The zero-order valence-corrected chi connectivity index (χ0v) is 14.3. The van der Waals surface area contributed by atoms with Gasteiger partial charge < -0.3 is 4.98 Å². The van der Waals surface area contributed by atoms with Gasteiger partial charge in [0.2, 0.25) is 5.16 Å². The highest BCUT2D eigenvalue weighted by Crippen LogP contribution is 2.33. The van der Waals surface area contributed by atoms with Crippen molar-refractivity contribution in [2.45, 2.75) is 49.1 Å². The van der Waals surface area contributed by atoms with E-state index < -0.39 is 0 Å². The molecule has 1 atom stereocenters. The van der Waals surface area contributed by atoms with Crippen LogP contribution in [0.15, 0.2) is 35.6 Å². The smallest absolute Gasteiger partial charge is 0.210 e. The third-order valence-electron chi connectivity index (χ3n) is 4.64. The Morgan fingerprint density at radius 2 is 2.12 bits per heavy atom. The molecule has 0 amide bonds. The molecule has 0 aliphatic heterocycles. The summed E-state index contributed by atoms with van der Waals surface area (Å²) in [5.74, 6) is 0.0958. The molecule has 0 unspecified atom stereocenters. The van der Waals surface area contributed by atoms with Crippen LogP contribution < -0.4 is 0 Å². The number of para-hydroxylation sites is 1. The van der Waals surface area contributed by atoms with E-state index in [0.29, 0.717) is 6.04 Å². The fraction of sp³-hybridized carbons (Fsp3) is 0.412. The van der Waals surface area contributed by atoms with Crippen LogP contribution in [0, 0.1) is 0 Å². The minimum Gasteiger partial charge on any atom is -0.360 e. The second-order valence-corrected chi connectivity index (χ2v) is 7.52. The Labute approximate surface area is 144 Å². The third kappa shape index (κ3) is 2.73. The number of H-pyrrole nitrogens is 1. The van der Waals surface area contributed by atoms with Crippen LogP contribution in [0.4, 0.5) is 0 Å². The van der Waals surface area contributed by atoms with Gasteiger partial charge in [-0.2, -0.15) is 0 Å². The fourth-order valence-corrected chi connectivity index (χ4v) is 4.27. The van der Waals surface area contributed by atoms with Crippen LogP contribution in [0.1, 0.15) is 49.0 Å².